The van der Waals surface area contributed by atoms with Crippen molar-refractivity contribution in [3.8, 4) is 11.1 Å². The Labute approximate surface area is 106 Å². The summed E-state index contributed by atoms with van der Waals surface area (Å²) >= 11 is 0. The zero-order valence-electron chi connectivity index (χ0n) is 10.3. The summed E-state index contributed by atoms with van der Waals surface area (Å²) in [7, 11) is 0. The summed E-state index contributed by atoms with van der Waals surface area (Å²) in [5, 5.41) is 0. The first-order chi connectivity index (χ1) is 8.84. The fraction of sp³-hybridized carbons (Fsp3) is 0.333. The average Bonchev–Trinajstić information content (AvgIpc) is 2.63. The first-order valence-electron chi connectivity index (χ1n) is 6.50. The topological polar surface area (TPSA) is 34.9 Å². The van der Waals surface area contributed by atoms with Gasteiger partial charge in [0.25, 0.3) is 5.56 Å². The molecule has 0 N–H and O–H groups in total. The number of aryl methyl sites for hydroxylation is 2. The van der Waals surface area contributed by atoms with E-state index in [2.05, 4.69) is 9.55 Å². The van der Waals surface area contributed by atoms with Crippen LogP contribution in [0.4, 0.5) is 0 Å². The van der Waals surface area contributed by atoms with Gasteiger partial charge in [-0.25, -0.2) is 0 Å². The van der Waals surface area contributed by atoms with Crippen LogP contribution in [0.3, 0.4) is 0 Å². The molecule has 2 aromatic rings. The van der Waals surface area contributed by atoms with E-state index in [-0.39, 0.29) is 5.56 Å². The van der Waals surface area contributed by atoms with Gasteiger partial charge in [0.05, 0.1) is 5.56 Å². The summed E-state index contributed by atoms with van der Waals surface area (Å²) in [6.45, 7) is 0.975. The van der Waals surface area contributed by atoms with Gasteiger partial charge in [-0.1, -0.05) is 36.8 Å². The molecule has 0 bridgehead atoms. The van der Waals surface area contributed by atoms with Crippen LogP contribution in [0.25, 0.3) is 11.1 Å². The fourth-order valence-electron chi connectivity index (χ4n) is 2.48. The fourth-order valence-corrected chi connectivity index (χ4v) is 2.48. The van der Waals surface area contributed by atoms with Crippen LogP contribution in [-0.4, -0.2) is 9.55 Å². The molecular weight excluding hydrogens is 224 g/mol. The zero-order chi connectivity index (χ0) is 12.4. The van der Waals surface area contributed by atoms with Gasteiger partial charge in [0.2, 0.25) is 0 Å². The van der Waals surface area contributed by atoms with Crippen molar-refractivity contribution in [2.75, 3.05) is 0 Å². The Balaban J connectivity index is 2.12. The van der Waals surface area contributed by atoms with Crippen LogP contribution in [0, 0.1) is 0 Å². The van der Waals surface area contributed by atoms with Crippen molar-refractivity contribution in [3.05, 3.63) is 52.7 Å². The van der Waals surface area contributed by atoms with Gasteiger partial charge in [-0.05, 0) is 18.4 Å². The lowest BCUT2D eigenvalue weighted by Gasteiger charge is -2.10. The molecule has 0 aliphatic carbocycles. The highest BCUT2D eigenvalue weighted by molar-refractivity contribution is 5.61. The van der Waals surface area contributed by atoms with Crippen LogP contribution >= 0.6 is 0 Å². The number of benzene rings is 1. The molecular formula is C15H16N2O. The van der Waals surface area contributed by atoms with Crippen LogP contribution in [-0.2, 0) is 13.0 Å². The molecule has 3 heteroatoms. The van der Waals surface area contributed by atoms with Crippen molar-refractivity contribution >= 4 is 0 Å². The van der Waals surface area contributed by atoms with Crippen molar-refractivity contribution in [2.45, 2.75) is 32.2 Å². The molecule has 2 heterocycles. The maximum atomic E-state index is 12.1. The van der Waals surface area contributed by atoms with Crippen LogP contribution in [0.1, 0.15) is 25.1 Å². The van der Waals surface area contributed by atoms with E-state index >= 15 is 0 Å². The van der Waals surface area contributed by atoms with Gasteiger partial charge in [-0.15, -0.1) is 0 Å². The average molecular weight is 240 g/mol. The summed E-state index contributed by atoms with van der Waals surface area (Å²) in [5.41, 5.74) is 1.56. The molecule has 0 unspecified atom stereocenters. The number of rotatable bonds is 1. The van der Waals surface area contributed by atoms with Crippen molar-refractivity contribution < 1.29 is 0 Å². The van der Waals surface area contributed by atoms with Gasteiger partial charge in [0.1, 0.15) is 5.82 Å². The van der Waals surface area contributed by atoms with Gasteiger partial charge in [0, 0.05) is 19.2 Å². The van der Waals surface area contributed by atoms with Crippen molar-refractivity contribution in [1.29, 1.82) is 0 Å². The maximum absolute atomic E-state index is 12.1. The number of aromatic nitrogens is 2. The molecule has 1 aliphatic heterocycles. The molecule has 0 saturated carbocycles. The molecule has 0 atom stereocenters. The van der Waals surface area contributed by atoms with Gasteiger partial charge >= 0.3 is 0 Å². The summed E-state index contributed by atoms with van der Waals surface area (Å²) in [4.78, 5) is 16.3. The SMILES string of the molecule is O=c1nc2n(cc1-c1ccccc1)CCCCC2. The maximum Gasteiger partial charge on any atom is 0.280 e. The largest absolute Gasteiger partial charge is 0.336 e. The Hall–Kier alpha value is -1.90. The smallest absolute Gasteiger partial charge is 0.280 e. The minimum atomic E-state index is -0.102. The highest BCUT2D eigenvalue weighted by atomic mass is 16.1. The van der Waals surface area contributed by atoms with Crippen LogP contribution in [0.5, 0.6) is 0 Å². The lowest BCUT2D eigenvalue weighted by molar-refractivity contribution is 0.624. The number of nitrogens with zero attached hydrogens (tertiary/aromatic N) is 2. The highest BCUT2D eigenvalue weighted by Gasteiger charge is 2.12. The molecule has 3 nitrogen and oxygen atoms in total. The number of hydrogen-bond acceptors (Lipinski definition) is 2. The minimum Gasteiger partial charge on any atom is -0.336 e. The van der Waals surface area contributed by atoms with E-state index in [1.807, 2.05) is 36.5 Å². The summed E-state index contributed by atoms with van der Waals surface area (Å²) in [6, 6.07) is 9.78. The standard InChI is InChI=1S/C15H16N2O/c18-15-13(12-7-3-1-4-8-12)11-17-10-6-2-5-9-14(17)16-15/h1,3-4,7-8,11H,2,5-6,9-10H2. The molecule has 1 aromatic carbocycles. The van der Waals surface area contributed by atoms with Gasteiger partial charge in [0.15, 0.2) is 0 Å². The van der Waals surface area contributed by atoms with Gasteiger partial charge in [-0.2, -0.15) is 4.98 Å². The van der Waals surface area contributed by atoms with Gasteiger partial charge in [-0.3, -0.25) is 4.79 Å². The van der Waals surface area contributed by atoms with E-state index in [9.17, 15) is 4.79 Å². The van der Waals surface area contributed by atoms with Crippen molar-refractivity contribution in [1.82, 2.24) is 9.55 Å². The molecule has 18 heavy (non-hydrogen) atoms. The monoisotopic (exact) mass is 240 g/mol. The Morgan fingerprint density at radius 2 is 1.89 bits per heavy atom. The molecule has 0 fully saturated rings. The molecule has 92 valence electrons. The second kappa shape index (κ2) is 4.77. The summed E-state index contributed by atoms with van der Waals surface area (Å²) in [6.07, 6.45) is 6.43. The van der Waals surface area contributed by atoms with Crippen molar-refractivity contribution in [3.63, 3.8) is 0 Å². The molecule has 0 spiro atoms. The number of hydrogen-bond donors (Lipinski definition) is 0. The van der Waals surface area contributed by atoms with Crippen LogP contribution in [0.15, 0.2) is 41.3 Å². The molecule has 0 radical (unpaired) electrons. The lowest BCUT2D eigenvalue weighted by atomic mass is 10.1. The summed E-state index contributed by atoms with van der Waals surface area (Å²) < 4.78 is 2.15. The third kappa shape index (κ3) is 2.08. The molecule has 0 saturated heterocycles. The van der Waals surface area contributed by atoms with E-state index in [1.54, 1.807) is 0 Å². The van der Waals surface area contributed by atoms with E-state index < -0.39 is 0 Å². The molecule has 1 aromatic heterocycles. The Morgan fingerprint density at radius 1 is 1.06 bits per heavy atom. The second-order valence-corrected chi connectivity index (χ2v) is 4.75. The third-order valence-electron chi connectivity index (χ3n) is 3.46. The van der Waals surface area contributed by atoms with E-state index in [0.29, 0.717) is 5.56 Å². The Kier molecular flexibility index (Phi) is 2.97. The normalized spacial score (nSPS) is 14.9. The number of fused-ring (bicyclic) bond motifs is 1. The molecule has 1 aliphatic rings. The van der Waals surface area contributed by atoms with Crippen LogP contribution in [0.2, 0.25) is 0 Å². The second-order valence-electron chi connectivity index (χ2n) is 4.75. The first-order valence-corrected chi connectivity index (χ1v) is 6.50. The molecule has 3 rings (SSSR count). The minimum absolute atomic E-state index is 0.102. The summed E-state index contributed by atoms with van der Waals surface area (Å²) in [5.74, 6) is 0.942. The predicted molar refractivity (Wildman–Crippen MR) is 71.5 cm³/mol. The predicted octanol–water partition coefficient (Wildman–Crippen LogP) is 2.64. The zero-order valence-corrected chi connectivity index (χ0v) is 10.3. The van der Waals surface area contributed by atoms with Crippen LogP contribution < -0.4 is 5.56 Å². The lowest BCUT2D eigenvalue weighted by Crippen LogP contribution is -2.18. The van der Waals surface area contributed by atoms with Crippen molar-refractivity contribution in [2.24, 2.45) is 0 Å². The third-order valence-corrected chi connectivity index (χ3v) is 3.46. The van der Waals surface area contributed by atoms with Gasteiger partial charge < -0.3 is 4.57 Å². The quantitative estimate of drug-likeness (QED) is 0.768. The van der Waals surface area contributed by atoms with E-state index in [4.69, 9.17) is 0 Å². The van der Waals surface area contributed by atoms with E-state index in [0.717, 1.165) is 30.8 Å². The molecule has 0 amide bonds. The first kappa shape index (κ1) is 11.2. The Morgan fingerprint density at radius 3 is 2.72 bits per heavy atom. The highest BCUT2D eigenvalue weighted by Crippen LogP contribution is 2.17. The van der Waals surface area contributed by atoms with E-state index in [1.165, 1.54) is 12.8 Å². The Bertz CT molecular complexity index is 602.